The lowest BCUT2D eigenvalue weighted by Gasteiger charge is -2.31. The summed E-state index contributed by atoms with van der Waals surface area (Å²) in [5.41, 5.74) is 5.80. The van der Waals surface area contributed by atoms with Crippen molar-refractivity contribution >= 4 is 76.6 Å². The maximum Gasteiger partial charge on any atom is 0.306 e. The van der Waals surface area contributed by atoms with E-state index in [1.165, 1.54) is 166 Å². The standard InChI is InChI=1S/C39H56BrFN4O4.C23H27FN4O3.C16H30BrClO/c1-29-32(22-27-44-25-20-30(21-26-44)37-33-19-18-31(41)28-35(33)49-43-37)39(47)45-24-15-16-34(38(45)42-29)48-36(46)17-13-11-9-7-5-3-2-4-6-8-10-12-14-23-40;1-14-17(23(30)28-9-2-3-19(29)22(28)25-14)8-12-27-10-6-15(7-11-27)21-18-5-4-16(24)13-20(18)31-26-21;17-15-13-11-9-7-5-3-1-2-4-6-8-10-12-14-16(18)19/h18-19,28,30,34H,2-17,20-27H2,1H3;4-5,13,15,19,29H,2-3,6-12H2,1H3;1-15H2. The third kappa shape index (κ3) is 25.9. The number of aryl methyl sites for hydroxylation is 2. The third-order valence-corrected chi connectivity index (χ3v) is 22.1. The molecule has 10 rings (SSSR count). The highest BCUT2D eigenvalue weighted by atomic mass is 79.9. The molecule has 4 aromatic heterocycles. The van der Waals surface area contributed by atoms with Gasteiger partial charge in [0.15, 0.2) is 23.1 Å². The van der Waals surface area contributed by atoms with E-state index in [9.17, 15) is 33.1 Å². The summed E-state index contributed by atoms with van der Waals surface area (Å²) >= 11 is 12.3. The molecule has 0 bridgehead atoms. The summed E-state index contributed by atoms with van der Waals surface area (Å²) in [4.78, 5) is 64.0. The first-order valence-corrected chi connectivity index (χ1v) is 40.8. The van der Waals surface area contributed by atoms with Crippen LogP contribution in [0.1, 0.15) is 301 Å². The normalized spacial score (nSPS) is 16.9. The van der Waals surface area contributed by atoms with Gasteiger partial charge in [-0.25, -0.2) is 18.7 Å². The molecule has 0 spiro atoms. The Morgan fingerprint density at radius 2 is 0.899 bits per heavy atom. The van der Waals surface area contributed by atoms with Crippen LogP contribution in [0.15, 0.2) is 55.0 Å². The van der Waals surface area contributed by atoms with Gasteiger partial charge in [0.05, 0.1) is 11.4 Å². The summed E-state index contributed by atoms with van der Waals surface area (Å²) in [6, 6.07) is 9.19. The molecule has 4 aliphatic rings. The van der Waals surface area contributed by atoms with Crippen LogP contribution in [0, 0.1) is 25.5 Å². The highest BCUT2D eigenvalue weighted by Crippen LogP contribution is 2.36. The number of alkyl halides is 2. The van der Waals surface area contributed by atoms with Gasteiger partial charge >= 0.3 is 5.97 Å². The van der Waals surface area contributed by atoms with Crippen molar-refractivity contribution in [3.05, 3.63) is 114 Å². The van der Waals surface area contributed by atoms with Gasteiger partial charge in [0.25, 0.3) is 11.1 Å². The number of carbonyl (C=O) groups is 2. The van der Waals surface area contributed by atoms with E-state index in [1.807, 2.05) is 13.8 Å². The molecule has 1 N–H and O–H groups in total. The number of nitrogens with zero attached hydrogens (tertiary/aromatic N) is 8. The Bertz CT molecular complexity index is 3510. The molecule has 8 heterocycles. The number of esters is 1. The second kappa shape index (κ2) is 44.0. The smallest absolute Gasteiger partial charge is 0.306 e. The average Bonchev–Trinajstić information content (AvgIpc) is 1.76. The molecule has 6 aromatic rings. The van der Waals surface area contributed by atoms with Crippen molar-refractivity contribution in [2.24, 2.45) is 0 Å². The number of piperidine rings is 2. The molecule has 2 fully saturated rings. The SMILES string of the molecule is Cc1nc2n(c(=O)c1CCN1CCC(c3noc4cc(F)ccc34)CC1)CCCC2O.Cc1nc2n(c(=O)c1CCN1CCC(c3noc4cc(F)ccc34)CC1)CCCC2OC(=O)CCCCCCCCCCCCCCCBr.O=C(Cl)CCCCCCCCCCCCCCCBr. The van der Waals surface area contributed by atoms with Crippen molar-refractivity contribution in [3.63, 3.8) is 0 Å². The summed E-state index contributed by atoms with van der Waals surface area (Å²) in [5, 5.41) is 22.5. The average molecular weight is 1520 g/mol. The number of hydrogen-bond acceptors (Lipinski definition) is 14. The van der Waals surface area contributed by atoms with Gasteiger partial charge in [-0.05, 0) is 166 Å². The predicted molar refractivity (Wildman–Crippen MR) is 399 cm³/mol. The predicted octanol–water partition coefficient (Wildman–Crippen LogP) is 19.2. The summed E-state index contributed by atoms with van der Waals surface area (Å²) < 4.78 is 47.0. The lowest BCUT2D eigenvalue weighted by molar-refractivity contribution is -0.151. The fraction of sp³-hybridized carbons (Fsp3) is 0.692. The van der Waals surface area contributed by atoms with Gasteiger partial charge in [-0.3, -0.25) is 28.3 Å². The number of fused-ring (bicyclic) bond motifs is 4. The third-order valence-electron chi connectivity index (χ3n) is 20.8. The number of halogens is 5. The molecule has 99 heavy (non-hydrogen) atoms. The van der Waals surface area contributed by atoms with E-state index in [2.05, 4.69) is 57.0 Å². The zero-order valence-corrected chi connectivity index (χ0v) is 63.4. The lowest BCUT2D eigenvalue weighted by atomic mass is 9.91. The molecule has 2 unspecified atom stereocenters. The lowest BCUT2D eigenvalue weighted by Crippen LogP contribution is -2.38. The highest BCUT2D eigenvalue weighted by Gasteiger charge is 2.31. The van der Waals surface area contributed by atoms with Crippen LogP contribution in [-0.2, 0) is 40.3 Å². The van der Waals surface area contributed by atoms with Crippen LogP contribution >= 0.6 is 43.5 Å². The summed E-state index contributed by atoms with van der Waals surface area (Å²) in [6.45, 7) is 10.2. The summed E-state index contributed by atoms with van der Waals surface area (Å²) in [7, 11) is 0. The number of aliphatic hydroxyl groups is 1. The monoisotopic (exact) mass is 1520 g/mol. The molecule has 0 aliphatic carbocycles. The van der Waals surface area contributed by atoms with Crippen molar-refractivity contribution in [2.45, 2.75) is 295 Å². The van der Waals surface area contributed by atoms with E-state index in [0.29, 0.717) is 80.3 Å². The second-order valence-electron chi connectivity index (χ2n) is 28.3. The van der Waals surface area contributed by atoms with Gasteiger partial charge in [-0.1, -0.05) is 183 Å². The molecule has 548 valence electrons. The Balaban J connectivity index is 0.000000212. The number of likely N-dealkylation sites (tertiary alicyclic amines) is 2. The van der Waals surface area contributed by atoms with Gasteiger partial charge in [-0.15, -0.1) is 0 Å². The first-order chi connectivity index (χ1) is 48.2. The van der Waals surface area contributed by atoms with E-state index >= 15 is 0 Å². The topological polar surface area (TPSA) is 192 Å². The van der Waals surface area contributed by atoms with Crippen LogP contribution in [0.4, 0.5) is 8.78 Å². The van der Waals surface area contributed by atoms with Gasteiger partial charge in [-0.2, -0.15) is 0 Å². The van der Waals surface area contributed by atoms with Crippen molar-refractivity contribution in [3.8, 4) is 0 Å². The Morgan fingerprint density at radius 1 is 0.525 bits per heavy atom. The number of aromatic nitrogens is 6. The van der Waals surface area contributed by atoms with Gasteiger partial charge in [0.1, 0.15) is 23.6 Å². The number of rotatable bonds is 39. The van der Waals surface area contributed by atoms with Crippen LogP contribution in [0.25, 0.3) is 21.9 Å². The van der Waals surface area contributed by atoms with Crippen LogP contribution in [0.5, 0.6) is 0 Å². The Hall–Kier alpha value is -4.73. The van der Waals surface area contributed by atoms with Gasteiger partial charge in [0, 0.05) is 107 Å². The van der Waals surface area contributed by atoms with E-state index in [-0.39, 0.29) is 39.9 Å². The minimum absolute atomic E-state index is 0.00237. The molecule has 2 saturated heterocycles. The molecule has 0 radical (unpaired) electrons. The molecule has 2 atom stereocenters. The quantitative estimate of drug-likeness (QED) is 0.0166. The van der Waals surface area contributed by atoms with Crippen molar-refractivity contribution in [2.75, 3.05) is 49.9 Å². The van der Waals surface area contributed by atoms with Crippen molar-refractivity contribution < 1.29 is 37.3 Å². The largest absolute Gasteiger partial charge is 0.454 e. The zero-order valence-electron chi connectivity index (χ0n) is 59.5. The highest BCUT2D eigenvalue weighted by molar-refractivity contribution is 9.09. The molecule has 21 heteroatoms. The molecule has 16 nitrogen and oxygen atoms in total. The van der Waals surface area contributed by atoms with Crippen LogP contribution in [-0.4, -0.2) is 105 Å². The van der Waals surface area contributed by atoms with E-state index in [0.717, 1.165) is 159 Å². The minimum atomic E-state index is -0.641. The molecule has 2 aromatic carbocycles. The maximum absolute atomic E-state index is 13.6. The van der Waals surface area contributed by atoms with Gasteiger partial charge < -0.3 is 28.7 Å². The number of carbonyl (C=O) groups excluding carboxylic acids is 2. The van der Waals surface area contributed by atoms with E-state index in [4.69, 9.17) is 30.4 Å². The van der Waals surface area contributed by atoms with Crippen LogP contribution in [0.3, 0.4) is 0 Å². The number of benzene rings is 2. The first-order valence-electron chi connectivity index (χ1n) is 38.1. The second-order valence-corrected chi connectivity index (χ2v) is 30.3. The van der Waals surface area contributed by atoms with Crippen LogP contribution < -0.4 is 11.1 Å². The Labute approximate surface area is 608 Å². The summed E-state index contributed by atoms with van der Waals surface area (Å²) in [6.07, 6.45) is 41.5. The Kier molecular flexibility index (Phi) is 35.6. The van der Waals surface area contributed by atoms with Gasteiger partial charge in [0.2, 0.25) is 5.24 Å². The number of hydrogen-bond donors (Lipinski definition) is 1. The van der Waals surface area contributed by atoms with E-state index < -0.39 is 12.2 Å². The molecule has 4 aliphatic heterocycles. The Morgan fingerprint density at radius 3 is 1.31 bits per heavy atom. The van der Waals surface area contributed by atoms with Crippen LogP contribution in [0.2, 0.25) is 0 Å². The van der Waals surface area contributed by atoms with Crippen molar-refractivity contribution in [1.29, 1.82) is 0 Å². The molecule has 0 amide bonds. The number of aliphatic hydroxyl groups excluding tert-OH is 1. The minimum Gasteiger partial charge on any atom is -0.454 e. The number of ether oxygens (including phenoxy) is 1. The fourth-order valence-electron chi connectivity index (χ4n) is 14.9. The fourth-order valence-corrected chi connectivity index (χ4v) is 15.8. The van der Waals surface area contributed by atoms with E-state index in [1.54, 1.807) is 21.3 Å². The zero-order chi connectivity index (χ0) is 70.1. The number of unbranched alkanes of at least 4 members (excludes halogenated alkanes) is 24. The molecular weight excluding hydrogens is 1410 g/mol. The molecular formula is C78H113Br2ClF2N8O8. The maximum atomic E-state index is 13.6. The first kappa shape index (κ1) is 80.0. The van der Waals surface area contributed by atoms with Crippen molar-refractivity contribution in [1.82, 2.24) is 39.2 Å². The molecule has 0 saturated carbocycles. The summed E-state index contributed by atoms with van der Waals surface area (Å²) in [5.74, 6) is 0.862.